The average molecular weight is 267 g/mol. The molecule has 2 N–H and O–H groups in total. The van der Waals surface area contributed by atoms with Gasteiger partial charge in [0.25, 0.3) is 5.91 Å². The van der Waals surface area contributed by atoms with Gasteiger partial charge in [-0.25, -0.2) is 9.67 Å². The molecule has 0 atom stereocenters. The predicted molar refractivity (Wildman–Crippen MR) is 73.3 cm³/mol. The molecule has 1 amide bonds. The van der Waals surface area contributed by atoms with Gasteiger partial charge in [-0.15, -0.1) is 0 Å². The maximum absolute atomic E-state index is 12.0. The van der Waals surface area contributed by atoms with Crippen molar-refractivity contribution >= 4 is 5.91 Å². The summed E-state index contributed by atoms with van der Waals surface area (Å²) in [7, 11) is 0. The summed E-state index contributed by atoms with van der Waals surface area (Å²) in [6.45, 7) is 0.351. The van der Waals surface area contributed by atoms with Gasteiger partial charge in [-0.1, -0.05) is 18.2 Å². The van der Waals surface area contributed by atoms with Crippen LogP contribution in [0.5, 0.6) is 0 Å². The number of nitrogens with one attached hydrogen (secondary N) is 2. The van der Waals surface area contributed by atoms with E-state index in [4.69, 9.17) is 0 Å². The molecule has 2 aromatic heterocycles. The van der Waals surface area contributed by atoms with Gasteiger partial charge < -0.3 is 10.3 Å². The number of aromatic nitrogens is 4. The quantitative estimate of drug-likeness (QED) is 0.752. The Morgan fingerprint density at radius 2 is 2.10 bits per heavy atom. The molecule has 0 aliphatic rings. The van der Waals surface area contributed by atoms with Crippen molar-refractivity contribution in [2.45, 2.75) is 6.54 Å². The van der Waals surface area contributed by atoms with Crippen molar-refractivity contribution in [1.29, 1.82) is 0 Å². The van der Waals surface area contributed by atoms with Crippen LogP contribution in [0.3, 0.4) is 0 Å². The fourth-order valence-corrected chi connectivity index (χ4v) is 1.82. The predicted octanol–water partition coefficient (Wildman–Crippen LogP) is 1.53. The van der Waals surface area contributed by atoms with Crippen LogP contribution >= 0.6 is 0 Å². The first kappa shape index (κ1) is 12.2. The monoisotopic (exact) mass is 267 g/mol. The summed E-state index contributed by atoms with van der Waals surface area (Å²) in [5.41, 5.74) is 1.29. The topological polar surface area (TPSA) is 75.6 Å². The normalized spacial score (nSPS) is 10.4. The zero-order valence-electron chi connectivity index (χ0n) is 10.7. The molecule has 2 heterocycles. The van der Waals surface area contributed by atoms with Crippen molar-refractivity contribution in [3.05, 3.63) is 66.5 Å². The molecule has 3 rings (SSSR count). The highest BCUT2D eigenvalue weighted by Crippen LogP contribution is 2.06. The molecule has 0 saturated carbocycles. The highest BCUT2D eigenvalue weighted by atomic mass is 16.1. The van der Waals surface area contributed by atoms with Crippen LogP contribution in [0.15, 0.2) is 55.0 Å². The average Bonchev–Trinajstić information content (AvgIpc) is 3.17. The van der Waals surface area contributed by atoms with Crippen LogP contribution in [-0.2, 0) is 6.54 Å². The van der Waals surface area contributed by atoms with Crippen molar-refractivity contribution in [3.63, 3.8) is 0 Å². The molecule has 3 aromatic rings. The Bertz CT molecular complexity index is 687. The van der Waals surface area contributed by atoms with Gasteiger partial charge >= 0.3 is 0 Å². The minimum Gasteiger partial charge on any atom is -0.347 e. The Balaban J connectivity index is 1.69. The van der Waals surface area contributed by atoms with Crippen LogP contribution in [0.1, 0.15) is 16.3 Å². The largest absolute Gasteiger partial charge is 0.347 e. The second-order valence-corrected chi connectivity index (χ2v) is 4.20. The number of carbonyl (C=O) groups is 1. The smallest absolute Gasteiger partial charge is 0.272 e. The van der Waals surface area contributed by atoms with E-state index in [1.807, 2.05) is 30.3 Å². The number of amides is 1. The maximum atomic E-state index is 12.0. The Morgan fingerprint density at radius 3 is 2.85 bits per heavy atom. The molecule has 20 heavy (non-hydrogen) atoms. The van der Waals surface area contributed by atoms with Crippen LogP contribution in [0.2, 0.25) is 0 Å². The standard InChI is InChI=1S/C14H13N5O/c20-14(17-10-13-15-7-8-16-13)12-6-9-19(18-12)11-4-2-1-3-5-11/h1-9H,10H2,(H,15,16)(H,17,20). The van der Waals surface area contributed by atoms with E-state index in [0.29, 0.717) is 18.1 Å². The van der Waals surface area contributed by atoms with Gasteiger partial charge in [0.05, 0.1) is 12.2 Å². The first-order valence-corrected chi connectivity index (χ1v) is 6.20. The van der Waals surface area contributed by atoms with Gasteiger partial charge in [-0.05, 0) is 18.2 Å². The number of hydrogen-bond donors (Lipinski definition) is 2. The lowest BCUT2D eigenvalue weighted by molar-refractivity contribution is 0.0944. The van der Waals surface area contributed by atoms with Crippen LogP contribution < -0.4 is 5.32 Å². The van der Waals surface area contributed by atoms with Gasteiger partial charge in [0, 0.05) is 18.6 Å². The SMILES string of the molecule is O=C(NCc1ncc[nH]1)c1ccn(-c2ccccc2)n1. The van der Waals surface area contributed by atoms with E-state index in [-0.39, 0.29) is 5.91 Å². The zero-order chi connectivity index (χ0) is 13.8. The third kappa shape index (κ3) is 2.59. The Kier molecular flexibility index (Phi) is 3.28. The number of H-pyrrole nitrogens is 1. The van der Waals surface area contributed by atoms with Crippen molar-refractivity contribution in [2.75, 3.05) is 0 Å². The van der Waals surface area contributed by atoms with E-state index in [1.165, 1.54) is 0 Å². The third-order valence-corrected chi connectivity index (χ3v) is 2.81. The van der Waals surface area contributed by atoms with Gasteiger partial charge in [0.15, 0.2) is 5.69 Å². The van der Waals surface area contributed by atoms with E-state index in [1.54, 1.807) is 29.3 Å². The number of rotatable bonds is 4. The van der Waals surface area contributed by atoms with E-state index < -0.39 is 0 Å². The molecule has 0 radical (unpaired) electrons. The van der Waals surface area contributed by atoms with Crippen molar-refractivity contribution in [3.8, 4) is 5.69 Å². The molecular formula is C14H13N5O. The summed E-state index contributed by atoms with van der Waals surface area (Å²) >= 11 is 0. The number of benzene rings is 1. The maximum Gasteiger partial charge on any atom is 0.272 e. The van der Waals surface area contributed by atoms with E-state index in [9.17, 15) is 4.79 Å². The minimum absolute atomic E-state index is 0.226. The molecule has 0 unspecified atom stereocenters. The van der Waals surface area contributed by atoms with Crippen molar-refractivity contribution in [2.24, 2.45) is 0 Å². The summed E-state index contributed by atoms with van der Waals surface area (Å²) in [6, 6.07) is 11.3. The molecule has 0 aliphatic heterocycles. The molecule has 0 bridgehead atoms. The number of imidazole rings is 1. The van der Waals surface area contributed by atoms with Crippen LogP contribution in [0.4, 0.5) is 0 Å². The van der Waals surface area contributed by atoms with Gasteiger partial charge in [0.1, 0.15) is 5.82 Å². The van der Waals surface area contributed by atoms with Crippen LogP contribution in [-0.4, -0.2) is 25.7 Å². The number of carbonyl (C=O) groups excluding carboxylic acids is 1. The summed E-state index contributed by atoms with van der Waals surface area (Å²) in [5.74, 6) is 0.483. The van der Waals surface area contributed by atoms with Crippen molar-refractivity contribution in [1.82, 2.24) is 25.1 Å². The Labute approximate surface area is 115 Å². The summed E-state index contributed by atoms with van der Waals surface area (Å²) < 4.78 is 1.67. The fourth-order valence-electron chi connectivity index (χ4n) is 1.82. The zero-order valence-corrected chi connectivity index (χ0v) is 10.7. The molecule has 100 valence electrons. The van der Waals surface area contributed by atoms with Gasteiger partial charge in [-0.2, -0.15) is 5.10 Å². The highest BCUT2D eigenvalue weighted by Gasteiger charge is 2.10. The van der Waals surface area contributed by atoms with Gasteiger partial charge in [0.2, 0.25) is 0 Å². The second kappa shape index (κ2) is 5.40. The molecule has 0 spiro atoms. The highest BCUT2D eigenvalue weighted by molar-refractivity contribution is 5.92. The molecule has 0 aliphatic carbocycles. The summed E-state index contributed by atoms with van der Waals surface area (Å²) in [5, 5.41) is 7.01. The number of aromatic amines is 1. The lowest BCUT2D eigenvalue weighted by Gasteiger charge is -2.01. The Morgan fingerprint density at radius 1 is 1.25 bits per heavy atom. The summed E-state index contributed by atoms with van der Waals surface area (Å²) in [4.78, 5) is 18.9. The fraction of sp³-hybridized carbons (Fsp3) is 0.0714. The second-order valence-electron chi connectivity index (χ2n) is 4.20. The van der Waals surface area contributed by atoms with E-state index >= 15 is 0 Å². The van der Waals surface area contributed by atoms with Crippen molar-refractivity contribution < 1.29 is 4.79 Å². The molecule has 0 fully saturated rings. The lowest BCUT2D eigenvalue weighted by Crippen LogP contribution is -2.24. The van der Waals surface area contributed by atoms with E-state index in [2.05, 4.69) is 20.4 Å². The third-order valence-electron chi connectivity index (χ3n) is 2.81. The number of nitrogens with zero attached hydrogens (tertiary/aromatic N) is 3. The van der Waals surface area contributed by atoms with Crippen LogP contribution in [0.25, 0.3) is 5.69 Å². The molecule has 1 aromatic carbocycles. The lowest BCUT2D eigenvalue weighted by atomic mass is 10.3. The minimum atomic E-state index is -0.226. The number of para-hydroxylation sites is 1. The molecular weight excluding hydrogens is 254 g/mol. The van der Waals surface area contributed by atoms with E-state index in [0.717, 1.165) is 5.69 Å². The Hall–Kier alpha value is -2.89. The molecule has 6 nitrogen and oxygen atoms in total. The first-order chi connectivity index (χ1) is 9.83. The summed E-state index contributed by atoms with van der Waals surface area (Å²) in [6.07, 6.45) is 5.12. The first-order valence-electron chi connectivity index (χ1n) is 6.20. The van der Waals surface area contributed by atoms with Gasteiger partial charge in [-0.3, -0.25) is 4.79 Å². The van der Waals surface area contributed by atoms with Crippen LogP contribution in [0, 0.1) is 0 Å². The molecule has 6 heteroatoms. The molecule has 0 saturated heterocycles. The number of hydrogen-bond acceptors (Lipinski definition) is 3.